The molecule has 0 aromatic carbocycles. The molecule has 0 bridgehead atoms. The molecular weight excluding hydrogens is 278 g/mol. The number of hydrogen-bond acceptors (Lipinski definition) is 4. The number of aromatic nitrogens is 1. The van der Waals surface area contributed by atoms with E-state index in [0.717, 1.165) is 13.3 Å². The number of pyridine rings is 1. The lowest BCUT2D eigenvalue weighted by Crippen LogP contribution is -2.01. The molecule has 5 nitrogen and oxygen atoms in total. The zero-order chi connectivity index (χ0) is 11.6. The van der Waals surface area contributed by atoms with Crippen LogP contribution < -0.4 is 4.74 Å². The summed E-state index contributed by atoms with van der Waals surface area (Å²) in [6.07, 6.45) is -2.04. The molecule has 1 heterocycles. The molecule has 1 aromatic heterocycles. The molecule has 82 valence electrons. The molecular formula is C7H5BrF2N2O3. The van der Waals surface area contributed by atoms with Gasteiger partial charge in [0, 0.05) is 6.20 Å². The summed E-state index contributed by atoms with van der Waals surface area (Å²) >= 11 is 2.79. The van der Waals surface area contributed by atoms with E-state index < -0.39 is 28.3 Å². The highest BCUT2D eigenvalue weighted by Gasteiger charge is 2.28. The van der Waals surface area contributed by atoms with Gasteiger partial charge < -0.3 is 4.74 Å². The first-order chi connectivity index (χ1) is 6.99. The third kappa shape index (κ3) is 2.20. The van der Waals surface area contributed by atoms with Crippen LogP contribution in [0.25, 0.3) is 0 Å². The van der Waals surface area contributed by atoms with E-state index in [4.69, 9.17) is 0 Å². The van der Waals surface area contributed by atoms with Gasteiger partial charge in [-0.2, -0.15) is 0 Å². The van der Waals surface area contributed by atoms with Crippen molar-refractivity contribution in [2.75, 3.05) is 7.11 Å². The Bertz CT molecular complexity index is 400. The van der Waals surface area contributed by atoms with Gasteiger partial charge in [-0.05, 0) is 15.9 Å². The highest BCUT2D eigenvalue weighted by atomic mass is 79.9. The first-order valence-corrected chi connectivity index (χ1v) is 4.43. The smallest absolute Gasteiger partial charge is 0.343 e. The molecule has 0 saturated heterocycles. The minimum atomic E-state index is -2.88. The molecule has 0 N–H and O–H groups in total. The van der Waals surface area contributed by atoms with Crippen molar-refractivity contribution in [1.29, 1.82) is 0 Å². The number of hydrogen-bond donors (Lipinski definition) is 0. The van der Waals surface area contributed by atoms with Crippen molar-refractivity contribution in [3.8, 4) is 5.75 Å². The summed E-state index contributed by atoms with van der Waals surface area (Å²) in [6.45, 7) is 0. The van der Waals surface area contributed by atoms with Crippen LogP contribution in [0.15, 0.2) is 10.8 Å². The van der Waals surface area contributed by atoms with Crippen molar-refractivity contribution in [2.45, 2.75) is 6.43 Å². The summed E-state index contributed by atoms with van der Waals surface area (Å²) in [5.41, 5.74) is -1.21. The zero-order valence-electron chi connectivity index (χ0n) is 7.41. The zero-order valence-corrected chi connectivity index (χ0v) is 8.99. The highest BCUT2D eigenvalue weighted by Crippen LogP contribution is 2.39. The molecule has 0 aliphatic rings. The van der Waals surface area contributed by atoms with Crippen LogP contribution in [-0.2, 0) is 0 Å². The third-order valence-corrected chi connectivity index (χ3v) is 2.19. The van der Waals surface area contributed by atoms with Gasteiger partial charge in [-0.1, -0.05) is 0 Å². The van der Waals surface area contributed by atoms with Crippen LogP contribution in [0.3, 0.4) is 0 Å². The minimum absolute atomic E-state index is 0.145. The molecule has 0 spiro atoms. The molecule has 0 fully saturated rings. The average Bonchev–Trinajstić information content (AvgIpc) is 2.15. The molecule has 0 unspecified atom stereocenters. The minimum Gasteiger partial charge on any atom is -0.490 e. The first-order valence-electron chi connectivity index (χ1n) is 3.64. The predicted molar refractivity (Wildman–Crippen MR) is 50.1 cm³/mol. The Balaban J connectivity index is 3.47. The summed E-state index contributed by atoms with van der Waals surface area (Å²) in [7, 11) is 1.08. The van der Waals surface area contributed by atoms with E-state index in [9.17, 15) is 18.9 Å². The molecule has 8 heteroatoms. The summed E-state index contributed by atoms with van der Waals surface area (Å²) in [6, 6.07) is 0. The lowest BCUT2D eigenvalue weighted by molar-refractivity contribution is -0.387. The van der Waals surface area contributed by atoms with Crippen molar-refractivity contribution in [1.82, 2.24) is 4.98 Å². The Morgan fingerprint density at radius 3 is 2.67 bits per heavy atom. The van der Waals surface area contributed by atoms with Gasteiger partial charge in [0.25, 0.3) is 6.43 Å². The van der Waals surface area contributed by atoms with Gasteiger partial charge in [-0.15, -0.1) is 0 Å². The number of methoxy groups -OCH3 is 1. The fraction of sp³-hybridized carbons (Fsp3) is 0.286. The van der Waals surface area contributed by atoms with E-state index in [1.165, 1.54) is 0 Å². The topological polar surface area (TPSA) is 65.3 Å². The van der Waals surface area contributed by atoms with Crippen molar-refractivity contribution in [3.05, 3.63) is 26.5 Å². The van der Waals surface area contributed by atoms with E-state index in [2.05, 4.69) is 25.7 Å². The quantitative estimate of drug-likeness (QED) is 0.486. The van der Waals surface area contributed by atoms with E-state index in [1.54, 1.807) is 0 Å². The van der Waals surface area contributed by atoms with Crippen LogP contribution in [0.5, 0.6) is 5.75 Å². The molecule has 15 heavy (non-hydrogen) atoms. The van der Waals surface area contributed by atoms with Crippen LogP contribution in [-0.4, -0.2) is 17.0 Å². The SMILES string of the molecule is COc1c(C(F)F)cnc(Br)c1[N+](=O)[O-]. The molecule has 0 aliphatic heterocycles. The molecule has 0 amide bonds. The normalized spacial score (nSPS) is 10.5. The Labute approximate surface area is 91.3 Å². The van der Waals surface area contributed by atoms with Crippen LogP contribution in [0.2, 0.25) is 0 Å². The summed E-state index contributed by atoms with van der Waals surface area (Å²) in [4.78, 5) is 13.2. The van der Waals surface area contributed by atoms with Gasteiger partial charge in [0.15, 0.2) is 4.60 Å². The number of ether oxygens (including phenoxy) is 1. The van der Waals surface area contributed by atoms with Crippen LogP contribution in [0, 0.1) is 10.1 Å². The van der Waals surface area contributed by atoms with Crippen LogP contribution >= 0.6 is 15.9 Å². The number of halogens is 3. The first kappa shape index (κ1) is 11.8. The largest absolute Gasteiger partial charge is 0.490 e. The van der Waals surface area contributed by atoms with Gasteiger partial charge in [-0.25, -0.2) is 13.8 Å². The average molecular weight is 283 g/mol. The van der Waals surface area contributed by atoms with Gasteiger partial charge >= 0.3 is 5.69 Å². The third-order valence-electron chi connectivity index (χ3n) is 1.61. The van der Waals surface area contributed by atoms with E-state index in [-0.39, 0.29) is 4.60 Å². The second-order valence-corrected chi connectivity index (χ2v) is 3.20. The summed E-state index contributed by atoms with van der Waals surface area (Å²) < 4.78 is 29.3. The van der Waals surface area contributed by atoms with Crippen molar-refractivity contribution in [3.63, 3.8) is 0 Å². The Morgan fingerprint density at radius 1 is 1.67 bits per heavy atom. The molecule has 0 aliphatic carbocycles. The number of nitro groups is 1. The maximum atomic E-state index is 12.4. The maximum Gasteiger partial charge on any atom is 0.343 e. The van der Waals surface area contributed by atoms with Gasteiger partial charge in [0.05, 0.1) is 17.6 Å². The van der Waals surface area contributed by atoms with Crippen molar-refractivity contribution in [2.24, 2.45) is 0 Å². The van der Waals surface area contributed by atoms with E-state index in [0.29, 0.717) is 0 Å². The monoisotopic (exact) mass is 282 g/mol. The summed E-state index contributed by atoms with van der Waals surface area (Å²) in [5.74, 6) is -0.475. The van der Waals surface area contributed by atoms with Crippen molar-refractivity contribution < 1.29 is 18.4 Å². The van der Waals surface area contributed by atoms with Crippen LogP contribution in [0.1, 0.15) is 12.0 Å². The Morgan fingerprint density at radius 2 is 2.27 bits per heavy atom. The molecule has 1 aromatic rings. The molecule has 0 radical (unpaired) electrons. The van der Waals surface area contributed by atoms with Gasteiger partial charge in [0.1, 0.15) is 0 Å². The predicted octanol–water partition coefficient (Wildman–Crippen LogP) is 2.70. The molecule has 1 rings (SSSR count). The maximum absolute atomic E-state index is 12.4. The number of nitrogens with zero attached hydrogens (tertiary/aromatic N) is 2. The molecule has 0 atom stereocenters. The second kappa shape index (κ2) is 4.47. The Kier molecular flexibility index (Phi) is 3.51. The highest BCUT2D eigenvalue weighted by molar-refractivity contribution is 9.10. The van der Waals surface area contributed by atoms with Crippen LogP contribution in [0.4, 0.5) is 14.5 Å². The van der Waals surface area contributed by atoms with E-state index >= 15 is 0 Å². The second-order valence-electron chi connectivity index (χ2n) is 2.44. The lowest BCUT2D eigenvalue weighted by Gasteiger charge is -2.07. The van der Waals surface area contributed by atoms with Gasteiger partial charge in [0.2, 0.25) is 5.75 Å². The van der Waals surface area contributed by atoms with Gasteiger partial charge in [-0.3, -0.25) is 10.1 Å². The van der Waals surface area contributed by atoms with Crippen molar-refractivity contribution >= 4 is 21.6 Å². The number of alkyl halides is 2. The lowest BCUT2D eigenvalue weighted by atomic mass is 10.2. The fourth-order valence-electron chi connectivity index (χ4n) is 1.00. The standard InChI is InChI=1S/C7H5BrF2N2O3/c1-15-5-3(7(9)10)2-11-6(8)4(5)12(13)14/h2,7H,1H3. The molecule has 0 saturated carbocycles. The Hall–Kier alpha value is -1.31. The number of rotatable bonds is 3. The fourth-order valence-corrected chi connectivity index (χ4v) is 1.43. The summed E-state index contributed by atoms with van der Waals surface area (Å²) in [5, 5.41) is 10.6. The van der Waals surface area contributed by atoms with E-state index in [1.807, 2.05) is 0 Å².